The van der Waals surface area contributed by atoms with E-state index in [9.17, 15) is 23.3 Å². The number of nitro groups is 1. The number of hydrogen-bond acceptors (Lipinski definition) is 4. The van der Waals surface area contributed by atoms with Crippen LogP contribution in [-0.4, -0.2) is 27.8 Å². The van der Waals surface area contributed by atoms with Gasteiger partial charge in [-0.3, -0.25) is 14.8 Å². The third kappa shape index (κ3) is 3.71. The van der Waals surface area contributed by atoms with Crippen molar-refractivity contribution in [1.29, 1.82) is 0 Å². The van der Waals surface area contributed by atoms with Crippen LogP contribution in [0.25, 0.3) is 0 Å². The second kappa shape index (κ2) is 6.55. The van der Waals surface area contributed by atoms with Crippen molar-refractivity contribution < 1.29 is 18.1 Å². The minimum Gasteiger partial charge on any atom is -0.368 e. The summed E-state index contributed by atoms with van der Waals surface area (Å²) in [4.78, 5) is 12.2. The second-order valence-corrected chi connectivity index (χ2v) is 6.22. The molecule has 10 heteroatoms. The third-order valence-electron chi connectivity index (χ3n) is 4.15. The summed E-state index contributed by atoms with van der Waals surface area (Å²) >= 11 is 6.15. The molecule has 25 heavy (non-hydrogen) atoms. The van der Waals surface area contributed by atoms with Crippen LogP contribution in [0.4, 0.5) is 24.5 Å². The molecule has 0 amide bonds. The van der Waals surface area contributed by atoms with Gasteiger partial charge in [-0.1, -0.05) is 11.6 Å². The SMILES string of the molecule is O=[N+]([O-])c1ccc(N2CCCC(n3ccc(C(F)(F)F)n3)C2)c(Cl)c1. The lowest BCUT2D eigenvalue weighted by molar-refractivity contribution is -0.384. The molecule has 0 bridgehead atoms. The van der Waals surface area contributed by atoms with Gasteiger partial charge in [0, 0.05) is 31.4 Å². The van der Waals surface area contributed by atoms with Crippen molar-refractivity contribution in [2.45, 2.75) is 25.1 Å². The quantitative estimate of drug-likeness (QED) is 0.593. The molecule has 1 aliphatic heterocycles. The number of aromatic nitrogens is 2. The fourth-order valence-corrected chi connectivity index (χ4v) is 3.24. The molecule has 1 atom stereocenters. The molecule has 1 aromatic heterocycles. The number of halogens is 4. The Balaban J connectivity index is 1.79. The second-order valence-electron chi connectivity index (χ2n) is 5.81. The molecule has 134 valence electrons. The van der Waals surface area contributed by atoms with E-state index >= 15 is 0 Å². The molecule has 0 saturated carbocycles. The number of piperidine rings is 1. The maximum absolute atomic E-state index is 12.7. The number of anilines is 1. The standard InChI is InChI=1S/C15H14ClF3N4O2/c16-12-8-10(23(24)25)3-4-13(12)21-6-1-2-11(9-21)22-7-5-14(20-22)15(17,18)19/h3-5,7-8,11H,1-2,6,9H2. The van der Waals surface area contributed by atoms with Gasteiger partial charge < -0.3 is 4.90 Å². The van der Waals surface area contributed by atoms with Crippen LogP contribution < -0.4 is 4.90 Å². The first kappa shape index (κ1) is 17.5. The zero-order chi connectivity index (χ0) is 18.2. The molecule has 1 saturated heterocycles. The fraction of sp³-hybridized carbons (Fsp3) is 0.400. The molecule has 0 radical (unpaired) electrons. The number of alkyl halides is 3. The van der Waals surface area contributed by atoms with E-state index in [0.29, 0.717) is 25.2 Å². The number of non-ortho nitro benzene ring substituents is 1. The summed E-state index contributed by atoms with van der Waals surface area (Å²) < 4.78 is 39.4. The molecule has 0 spiro atoms. The number of benzene rings is 1. The van der Waals surface area contributed by atoms with Gasteiger partial charge in [-0.25, -0.2) is 0 Å². The highest BCUT2D eigenvalue weighted by Gasteiger charge is 2.34. The van der Waals surface area contributed by atoms with Crippen molar-refractivity contribution in [3.63, 3.8) is 0 Å². The number of nitro benzene ring substituents is 1. The maximum Gasteiger partial charge on any atom is 0.435 e. The molecule has 2 heterocycles. The van der Waals surface area contributed by atoms with Crippen molar-refractivity contribution in [3.8, 4) is 0 Å². The van der Waals surface area contributed by atoms with Crippen LogP contribution in [0.3, 0.4) is 0 Å². The Labute approximate surface area is 145 Å². The molecule has 0 N–H and O–H groups in total. The van der Waals surface area contributed by atoms with Crippen LogP contribution in [-0.2, 0) is 6.18 Å². The van der Waals surface area contributed by atoms with E-state index in [1.54, 1.807) is 6.07 Å². The number of rotatable bonds is 3. The largest absolute Gasteiger partial charge is 0.435 e. The molecule has 6 nitrogen and oxygen atoms in total. The van der Waals surface area contributed by atoms with Crippen LogP contribution in [0.15, 0.2) is 30.5 Å². The zero-order valence-corrected chi connectivity index (χ0v) is 13.7. The maximum atomic E-state index is 12.7. The van der Waals surface area contributed by atoms with E-state index < -0.39 is 16.8 Å². The number of nitrogens with zero attached hydrogens (tertiary/aromatic N) is 4. The third-order valence-corrected chi connectivity index (χ3v) is 4.45. The molecule has 1 aliphatic rings. The Bertz CT molecular complexity index is 793. The lowest BCUT2D eigenvalue weighted by Crippen LogP contribution is -2.37. The molecular formula is C15H14ClF3N4O2. The summed E-state index contributed by atoms with van der Waals surface area (Å²) in [6.07, 6.45) is -1.70. The monoisotopic (exact) mass is 374 g/mol. The number of hydrogen-bond donors (Lipinski definition) is 0. The molecule has 1 aromatic carbocycles. The van der Waals surface area contributed by atoms with Crippen molar-refractivity contribution in [3.05, 3.63) is 51.3 Å². The highest BCUT2D eigenvalue weighted by atomic mass is 35.5. The minimum atomic E-state index is -4.47. The topological polar surface area (TPSA) is 64.2 Å². The average molecular weight is 375 g/mol. The van der Waals surface area contributed by atoms with Gasteiger partial charge in [-0.2, -0.15) is 18.3 Å². The Hall–Kier alpha value is -2.29. The molecular weight excluding hydrogens is 361 g/mol. The smallest absolute Gasteiger partial charge is 0.368 e. The van der Waals surface area contributed by atoms with Crippen LogP contribution in [0.2, 0.25) is 5.02 Å². The van der Waals surface area contributed by atoms with E-state index in [0.717, 1.165) is 12.5 Å². The van der Waals surface area contributed by atoms with E-state index in [1.807, 2.05) is 4.90 Å². The Morgan fingerprint density at radius 3 is 2.68 bits per heavy atom. The summed E-state index contributed by atoms with van der Waals surface area (Å²) in [6, 6.07) is 4.93. The summed E-state index contributed by atoms with van der Waals surface area (Å²) in [6.45, 7) is 1.10. The van der Waals surface area contributed by atoms with E-state index in [4.69, 9.17) is 11.6 Å². The van der Waals surface area contributed by atoms with E-state index in [2.05, 4.69) is 5.10 Å². The highest BCUT2D eigenvalue weighted by Crippen LogP contribution is 2.34. The first-order valence-corrected chi connectivity index (χ1v) is 7.95. The predicted molar refractivity (Wildman–Crippen MR) is 85.8 cm³/mol. The summed E-state index contributed by atoms with van der Waals surface area (Å²) in [7, 11) is 0. The normalized spacial score (nSPS) is 18.4. The van der Waals surface area contributed by atoms with Crippen molar-refractivity contribution in [1.82, 2.24) is 9.78 Å². The Kier molecular flexibility index (Phi) is 4.59. The van der Waals surface area contributed by atoms with Gasteiger partial charge in [0.15, 0.2) is 5.69 Å². The molecule has 1 unspecified atom stereocenters. The van der Waals surface area contributed by atoms with Crippen molar-refractivity contribution in [2.75, 3.05) is 18.0 Å². The zero-order valence-electron chi connectivity index (χ0n) is 12.9. The van der Waals surface area contributed by atoms with Gasteiger partial charge in [0.05, 0.1) is 21.7 Å². The first-order chi connectivity index (χ1) is 11.8. The minimum absolute atomic E-state index is 0.107. The first-order valence-electron chi connectivity index (χ1n) is 7.57. The van der Waals surface area contributed by atoms with Gasteiger partial charge in [0.1, 0.15) is 0 Å². The van der Waals surface area contributed by atoms with Crippen LogP contribution in [0.1, 0.15) is 24.6 Å². The lowest BCUT2D eigenvalue weighted by Gasteiger charge is -2.35. The predicted octanol–water partition coefficient (Wildman–Crippen LogP) is 4.31. The van der Waals surface area contributed by atoms with Gasteiger partial charge >= 0.3 is 6.18 Å². The summed E-state index contributed by atoms with van der Waals surface area (Å²) in [5.41, 5.74) is -0.401. The van der Waals surface area contributed by atoms with E-state index in [-0.39, 0.29) is 16.8 Å². The Morgan fingerprint density at radius 2 is 2.08 bits per heavy atom. The molecule has 1 fully saturated rings. The van der Waals surface area contributed by atoms with E-state index in [1.165, 1.54) is 23.0 Å². The molecule has 3 rings (SSSR count). The molecule has 2 aromatic rings. The van der Waals surface area contributed by atoms with Gasteiger partial charge in [-0.15, -0.1) is 0 Å². The van der Waals surface area contributed by atoms with Crippen LogP contribution in [0, 0.1) is 10.1 Å². The molecule has 0 aliphatic carbocycles. The summed E-state index contributed by atoms with van der Waals surface area (Å²) in [5, 5.41) is 14.7. The fourth-order valence-electron chi connectivity index (χ4n) is 2.95. The Morgan fingerprint density at radius 1 is 1.32 bits per heavy atom. The highest BCUT2D eigenvalue weighted by molar-refractivity contribution is 6.33. The van der Waals surface area contributed by atoms with Gasteiger partial charge in [0.2, 0.25) is 0 Å². The average Bonchev–Trinajstić information content (AvgIpc) is 3.05. The van der Waals surface area contributed by atoms with Gasteiger partial charge in [-0.05, 0) is 25.0 Å². The lowest BCUT2D eigenvalue weighted by atomic mass is 10.0. The summed E-state index contributed by atoms with van der Waals surface area (Å²) in [5.74, 6) is 0. The van der Waals surface area contributed by atoms with Gasteiger partial charge in [0.25, 0.3) is 5.69 Å². The van der Waals surface area contributed by atoms with Crippen molar-refractivity contribution in [2.24, 2.45) is 0 Å². The van der Waals surface area contributed by atoms with Crippen LogP contribution in [0.5, 0.6) is 0 Å². The van der Waals surface area contributed by atoms with Crippen LogP contribution >= 0.6 is 11.6 Å². The van der Waals surface area contributed by atoms with Crippen molar-refractivity contribution >= 4 is 23.0 Å².